The predicted molar refractivity (Wildman–Crippen MR) is 65.8 cm³/mol. The van der Waals surface area contributed by atoms with E-state index >= 15 is 0 Å². The zero-order valence-corrected chi connectivity index (χ0v) is 9.24. The molecule has 0 radical (unpaired) electrons. The first-order valence-electron chi connectivity index (χ1n) is 5.12. The van der Waals surface area contributed by atoms with Gasteiger partial charge in [0.05, 0.1) is 5.69 Å². The Morgan fingerprint density at radius 3 is 2.78 bits per heavy atom. The molecule has 0 aliphatic carbocycles. The van der Waals surface area contributed by atoms with E-state index in [1.165, 1.54) is 30.3 Å². The summed E-state index contributed by atoms with van der Waals surface area (Å²) in [6.07, 6.45) is 0. The van der Waals surface area contributed by atoms with Gasteiger partial charge in [0.1, 0.15) is 11.5 Å². The zero-order chi connectivity index (χ0) is 13.1. The van der Waals surface area contributed by atoms with Crippen molar-refractivity contribution in [3.05, 3.63) is 58.3 Å². The number of amides is 1. The Labute approximate surface area is 101 Å². The molecule has 0 saturated heterocycles. The first kappa shape index (κ1) is 11.8. The maximum absolute atomic E-state index is 13.4. The summed E-state index contributed by atoms with van der Waals surface area (Å²) < 4.78 is 13.4. The van der Waals surface area contributed by atoms with Crippen molar-refractivity contribution in [1.82, 2.24) is 4.98 Å². The summed E-state index contributed by atoms with van der Waals surface area (Å²) in [5, 5.41) is 2.33. The van der Waals surface area contributed by atoms with Gasteiger partial charge in [-0.15, -0.1) is 0 Å². The summed E-state index contributed by atoms with van der Waals surface area (Å²) in [5.74, 6) is -1.21. The fourth-order valence-corrected chi connectivity index (χ4v) is 1.41. The molecule has 0 atom stereocenters. The Morgan fingerprint density at radius 1 is 1.28 bits per heavy atom. The molecule has 1 heterocycles. The molecule has 0 saturated carbocycles. The number of aromatic nitrogens is 1. The molecule has 4 N–H and O–H groups in total. The van der Waals surface area contributed by atoms with Crippen molar-refractivity contribution < 1.29 is 9.18 Å². The topological polar surface area (TPSA) is 88.0 Å². The van der Waals surface area contributed by atoms with Crippen molar-refractivity contribution in [3.63, 3.8) is 0 Å². The normalized spacial score (nSPS) is 10.1. The van der Waals surface area contributed by atoms with Gasteiger partial charge in [-0.05, 0) is 24.3 Å². The number of rotatable bonds is 2. The van der Waals surface area contributed by atoms with Gasteiger partial charge in [0, 0.05) is 11.8 Å². The summed E-state index contributed by atoms with van der Waals surface area (Å²) in [7, 11) is 0. The predicted octanol–water partition coefficient (Wildman–Crippen LogP) is 1.35. The number of benzene rings is 1. The molecular weight excluding hydrogens is 237 g/mol. The second-order valence-electron chi connectivity index (χ2n) is 3.62. The van der Waals surface area contributed by atoms with E-state index in [1.54, 1.807) is 0 Å². The number of nitrogen functional groups attached to an aromatic ring is 1. The number of pyridine rings is 1. The molecule has 1 aromatic heterocycles. The second-order valence-corrected chi connectivity index (χ2v) is 3.62. The van der Waals surface area contributed by atoms with Gasteiger partial charge in [0.25, 0.3) is 5.91 Å². The third-order valence-corrected chi connectivity index (χ3v) is 2.25. The third kappa shape index (κ3) is 2.54. The molecule has 1 aromatic carbocycles. The van der Waals surface area contributed by atoms with E-state index in [2.05, 4.69) is 10.3 Å². The highest BCUT2D eigenvalue weighted by molar-refractivity contribution is 6.03. The Bertz CT molecular complexity index is 652. The molecule has 92 valence electrons. The SMILES string of the molecule is Nc1ccc(F)c(NC(=O)c2cccc(=O)[nH]2)c1. The van der Waals surface area contributed by atoms with Crippen LogP contribution >= 0.6 is 0 Å². The van der Waals surface area contributed by atoms with E-state index in [9.17, 15) is 14.0 Å². The first-order valence-corrected chi connectivity index (χ1v) is 5.12. The minimum atomic E-state index is -0.614. The molecule has 0 aliphatic heterocycles. The lowest BCUT2D eigenvalue weighted by Gasteiger charge is -2.06. The highest BCUT2D eigenvalue weighted by Gasteiger charge is 2.10. The summed E-state index contributed by atoms with van der Waals surface area (Å²) in [6, 6.07) is 7.96. The van der Waals surface area contributed by atoms with Crippen LogP contribution in [0.2, 0.25) is 0 Å². The Balaban J connectivity index is 2.26. The van der Waals surface area contributed by atoms with E-state index in [0.29, 0.717) is 5.69 Å². The smallest absolute Gasteiger partial charge is 0.272 e. The van der Waals surface area contributed by atoms with Gasteiger partial charge >= 0.3 is 0 Å². The van der Waals surface area contributed by atoms with Gasteiger partial charge in [-0.25, -0.2) is 4.39 Å². The van der Waals surface area contributed by atoms with Crippen LogP contribution in [0.5, 0.6) is 0 Å². The number of carbonyl (C=O) groups excluding carboxylic acids is 1. The summed E-state index contributed by atoms with van der Waals surface area (Å²) >= 11 is 0. The molecule has 5 nitrogen and oxygen atoms in total. The summed E-state index contributed by atoms with van der Waals surface area (Å²) in [5.41, 5.74) is 5.42. The summed E-state index contributed by atoms with van der Waals surface area (Å²) in [6.45, 7) is 0. The molecule has 0 unspecified atom stereocenters. The molecular formula is C12H10FN3O2. The van der Waals surface area contributed by atoms with E-state index < -0.39 is 17.3 Å². The van der Waals surface area contributed by atoms with E-state index in [-0.39, 0.29) is 11.4 Å². The van der Waals surface area contributed by atoms with Gasteiger partial charge in [-0.1, -0.05) is 6.07 Å². The Kier molecular flexibility index (Phi) is 3.09. The zero-order valence-electron chi connectivity index (χ0n) is 9.24. The number of nitrogens with one attached hydrogen (secondary N) is 2. The van der Waals surface area contributed by atoms with Crippen LogP contribution in [-0.2, 0) is 0 Å². The largest absolute Gasteiger partial charge is 0.399 e. The minimum Gasteiger partial charge on any atom is -0.399 e. The number of anilines is 2. The number of halogens is 1. The Hall–Kier alpha value is -2.63. The van der Waals surface area contributed by atoms with Crippen molar-refractivity contribution in [2.24, 2.45) is 0 Å². The van der Waals surface area contributed by atoms with E-state index in [4.69, 9.17) is 5.73 Å². The average Bonchev–Trinajstić information content (AvgIpc) is 2.34. The molecule has 2 aromatic rings. The van der Waals surface area contributed by atoms with Crippen LogP contribution in [-0.4, -0.2) is 10.9 Å². The van der Waals surface area contributed by atoms with E-state index in [1.807, 2.05) is 0 Å². The van der Waals surface area contributed by atoms with Gasteiger partial charge in [-0.3, -0.25) is 9.59 Å². The fourth-order valence-electron chi connectivity index (χ4n) is 1.41. The first-order chi connectivity index (χ1) is 8.56. The highest BCUT2D eigenvalue weighted by atomic mass is 19.1. The minimum absolute atomic E-state index is 0.0373. The van der Waals surface area contributed by atoms with Gasteiger partial charge in [0.2, 0.25) is 5.56 Å². The highest BCUT2D eigenvalue weighted by Crippen LogP contribution is 2.17. The van der Waals surface area contributed by atoms with Gasteiger partial charge in [0.15, 0.2) is 0 Å². The number of hydrogen-bond donors (Lipinski definition) is 3. The molecule has 0 fully saturated rings. The number of hydrogen-bond acceptors (Lipinski definition) is 3. The van der Waals surface area contributed by atoms with Crippen molar-refractivity contribution in [2.75, 3.05) is 11.1 Å². The molecule has 0 bridgehead atoms. The lowest BCUT2D eigenvalue weighted by Crippen LogP contribution is -2.18. The number of aromatic amines is 1. The van der Waals surface area contributed by atoms with Gasteiger partial charge in [-0.2, -0.15) is 0 Å². The van der Waals surface area contributed by atoms with Crippen LogP contribution in [0.3, 0.4) is 0 Å². The quantitative estimate of drug-likeness (QED) is 0.700. The van der Waals surface area contributed by atoms with E-state index in [0.717, 1.165) is 6.07 Å². The van der Waals surface area contributed by atoms with Crippen molar-refractivity contribution in [2.45, 2.75) is 0 Å². The lowest BCUT2D eigenvalue weighted by molar-refractivity contribution is 0.102. The molecule has 0 aliphatic rings. The monoisotopic (exact) mass is 247 g/mol. The number of H-pyrrole nitrogens is 1. The molecule has 0 spiro atoms. The molecule has 1 amide bonds. The van der Waals surface area contributed by atoms with Crippen LogP contribution in [0.1, 0.15) is 10.5 Å². The van der Waals surface area contributed by atoms with Crippen LogP contribution in [0.4, 0.5) is 15.8 Å². The maximum atomic E-state index is 13.4. The fraction of sp³-hybridized carbons (Fsp3) is 0. The van der Waals surface area contributed by atoms with Crippen LogP contribution in [0, 0.1) is 5.82 Å². The average molecular weight is 247 g/mol. The van der Waals surface area contributed by atoms with Crippen LogP contribution in [0.25, 0.3) is 0 Å². The standard InChI is InChI=1S/C12H10FN3O2/c13-8-5-4-7(14)6-10(8)16-12(18)9-2-1-3-11(17)15-9/h1-6H,14H2,(H,15,17)(H,16,18). The van der Waals surface area contributed by atoms with Crippen molar-refractivity contribution in [3.8, 4) is 0 Å². The maximum Gasteiger partial charge on any atom is 0.272 e. The number of carbonyl (C=O) groups is 1. The third-order valence-electron chi connectivity index (χ3n) is 2.25. The van der Waals surface area contributed by atoms with Crippen LogP contribution in [0.15, 0.2) is 41.2 Å². The van der Waals surface area contributed by atoms with Crippen molar-refractivity contribution in [1.29, 1.82) is 0 Å². The van der Waals surface area contributed by atoms with Crippen molar-refractivity contribution >= 4 is 17.3 Å². The molecule has 2 rings (SSSR count). The summed E-state index contributed by atoms with van der Waals surface area (Å²) in [4.78, 5) is 25.1. The molecule has 18 heavy (non-hydrogen) atoms. The van der Waals surface area contributed by atoms with Crippen LogP contribution < -0.4 is 16.6 Å². The second kappa shape index (κ2) is 4.70. The lowest BCUT2D eigenvalue weighted by atomic mass is 10.2. The molecule has 6 heteroatoms. The number of nitrogens with two attached hydrogens (primary N) is 1. The van der Waals surface area contributed by atoms with Gasteiger partial charge < -0.3 is 16.0 Å². The Morgan fingerprint density at radius 2 is 2.06 bits per heavy atom.